The molecular formula is C16H18FN3O. The van der Waals surface area contributed by atoms with Crippen LogP contribution in [0.15, 0.2) is 30.5 Å². The van der Waals surface area contributed by atoms with Gasteiger partial charge in [0.05, 0.1) is 0 Å². The van der Waals surface area contributed by atoms with E-state index in [0.717, 1.165) is 37.0 Å². The van der Waals surface area contributed by atoms with Crippen molar-refractivity contribution < 1.29 is 9.18 Å². The summed E-state index contributed by atoms with van der Waals surface area (Å²) in [6.45, 7) is 1.68. The average molecular weight is 287 g/mol. The average Bonchev–Trinajstić information content (AvgIpc) is 2.47. The number of rotatable bonds is 3. The first-order valence-electron chi connectivity index (χ1n) is 7.21. The predicted molar refractivity (Wildman–Crippen MR) is 80.4 cm³/mol. The topological polar surface area (TPSA) is 59.2 Å². The number of amides is 1. The Morgan fingerprint density at radius 2 is 2.29 bits per heavy atom. The van der Waals surface area contributed by atoms with Crippen LogP contribution >= 0.6 is 0 Å². The fourth-order valence-corrected chi connectivity index (χ4v) is 3.14. The number of para-hydroxylation sites is 1. The van der Waals surface area contributed by atoms with Crippen LogP contribution in [0.5, 0.6) is 0 Å². The largest absolute Gasteiger partial charge is 0.371 e. The number of benzene rings is 1. The number of piperidine rings is 1. The molecule has 1 unspecified atom stereocenters. The van der Waals surface area contributed by atoms with Crippen LogP contribution in [0.3, 0.4) is 0 Å². The van der Waals surface area contributed by atoms with Gasteiger partial charge in [0.25, 0.3) is 0 Å². The van der Waals surface area contributed by atoms with E-state index in [-0.39, 0.29) is 17.6 Å². The van der Waals surface area contributed by atoms with Gasteiger partial charge in [-0.15, -0.1) is 0 Å². The predicted octanol–water partition coefficient (Wildman–Crippen LogP) is 2.47. The molecule has 0 bridgehead atoms. The highest BCUT2D eigenvalue weighted by molar-refractivity contribution is 5.91. The second-order valence-electron chi connectivity index (χ2n) is 5.59. The number of anilines is 1. The molecule has 0 aliphatic carbocycles. The van der Waals surface area contributed by atoms with Crippen molar-refractivity contribution in [2.24, 2.45) is 11.7 Å². The molecule has 1 aliphatic rings. The molecule has 2 aromatic rings. The van der Waals surface area contributed by atoms with Gasteiger partial charge in [0.2, 0.25) is 5.91 Å². The minimum Gasteiger partial charge on any atom is -0.371 e. The van der Waals surface area contributed by atoms with E-state index in [4.69, 9.17) is 5.73 Å². The first-order valence-corrected chi connectivity index (χ1v) is 7.21. The molecule has 1 atom stereocenters. The van der Waals surface area contributed by atoms with Gasteiger partial charge in [-0.2, -0.15) is 0 Å². The number of hydrogen-bond acceptors (Lipinski definition) is 3. The van der Waals surface area contributed by atoms with E-state index < -0.39 is 0 Å². The number of fused-ring (bicyclic) bond motifs is 1. The summed E-state index contributed by atoms with van der Waals surface area (Å²) in [5.74, 6) is -0.291. The van der Waals surface area contributed by atoms with Gasteiger partial charge in [-0.05, 0) is 30.9 Å². The lowest BCUT2D eigenvalue weighted by Crippen LogP contribution is -2.37. The van der Waals surface area contributed by atoms with Gasteiger partial charge in [0.1, 0.15) is 11.3 Å². The molecule has 2 N–H and O–H groups in total. The Balaban J connectivity index is 1.93. The normalized spacial score (nSPS) is 18.9. The number of nitrogens with zero attached hydrogens (tertiary/aromatic N) is 2. The van der Waals surface area contributed by atoms with E-state index >= 15 is 0 Å². The number of primary amides is 1. The monoisotopic (exact) mass is 287 g/mol. The zero-order chi connectivity index (χ0) is 14.8. The first-order chi connectivity index (χ1) is 10.1. The van der Waals surface area contributed by atoms with Crippen molar-refractivity contribution in [1.29, 1.82) is 0 Å². The van der Waals surface area contributed by atoms with Crippen LogP contribution in [0.25, 0.3) is 10.9 Å². The van der Waals surface area contributed by atoms with Gasteiger partial charge in [-0.25, -0.2) is 4.39 Å². The van der Waals surface area contributed by atoms with Crippen molar-refractivity contribution in [3.63, 3.8) is 0 Å². The Labute approximate surface area is 122 Å². The van der Waals surface area contributed by atoms with Crippen LogP contribution in [-0.4, -0.2) is 24.0 Å². The highest BCUT2D eigenvalue weighted by Gasteiger charge is 2.23. The molecule has 0 saturated carbocycles. The maximum absolute atomic E-state index is 13.8. The van der Waals surface area contributed by atoms with Gasteiger partial charge in [-0.1, -0.05) is 12.1 Å². The van der Waals surface area contributed by atoms with E-state index in [9.17, 15) is 9.18 Å². The zero-order valence-electron chi connectivity index (χ0n) is 11.8. The first kappa shape index (κ1) is 13.8. The molecule has 0 spiro atoms. The van der Waals surface area contributed by atoms with Crippen molar-refractivity contribution in [3.8, 4) is 0 Å². The summed E-state index contributed by atoms with van der Waals surface area (Å²) in [7, 11) is 0. The molecule has 21 heavy (non-hydrogen) atoms. The molecule has 1 aliphatic heterocycles. The Morgan fingerprint density at radius 1 is 1.43 bits per heavy atom. The molecule has 3 rings (SSSR count). The highest BCUT2D eigenvalue weighted by atomic mass is 19.1. The maximum Gasteiger partial charge on any atom is 0.217 e. The molecule has 5 heteroatoms. The van der Waals surface area contributed by atoms with Crippen LogP contribution in [0.2, 0.25) is 0 Å². The molecule has 0 radical (unpaired) electrons. The number of aromatic nitrogens is 1. The Bertz CT molecular complexity index is 674. The minimum absolute atomic E-state index is 0.257. The molecule has 110 valence electrons. The van der Waals surface area contributed by atoms with Crippen LogP contribution in [-0.2, 0) is 4.79 Å². The number of carbonyl (C=O) groups is 1. The van der Waals surface area contributed by atoms with Gasteiger partial charge in [-0.3, -0.25) is 9.78 Å². The van der Waals surface area contributed by atoms with E-state index in [1.165, 1.54) is 6.07 Å². The van der Waals surface area contributed by atoms with Crippen LogP contribution in [0.4, 0.5) is 10.1 Å². The van der Waals surface area contributed by atoms with Crippen LogP contribution in [0.1, 0.15) is 19.3 Å². The molecule has 2 heterocycles. The summed E-state index contributed by atoms with van der Waals surface area (Å²) in [6.07, 6.45) is 4.07. The van der Waals surface area contributed by atoms with Gasteiger partial charge in [0, 0.05) is 36.8 Å². The fourth-order valence-electron chi connectivity index (χ4n) is 3.14. The summed E-state index contributed by atoms with van der Waals surface area (Å²) >= 11 is 0. The second kappa shape index (κ2) is 5.68. The summed E-state index contributed by atoms with van der Waals surface area (Å²) in [5, 5.41) is 0.817. The van der Waals surface area contributed by atoms with Crippen molar-refractivity contribution in [3.05, 3.63) is 36.3 Å². The number of hydrogen-bond donors (Lipinski definition) is 1. The fraction of sp³-hybridized carbons (Fsp3) is 0.375. The van der Waals surface area contributed by atoms with Crippen molar-refractivity contribution in [1.82, 2.24) is 4.98 Å². The van der Waals surface area contributed by atoms with E-state index in [1.807, 2.05) is 12.1 Å². The number of pyridine rings is 1. The third-order valence-electron chi connectivity index (χ3n) is 4.05. The number of nitrogens with two attached hydrogens (primary N) is 1. The highest BCUT2D eigenvalue weighted by Crippen LogP contribution is 2.30. The lowest BCUT2D eigenvalue weighted by atomic mass is 9.94. The summed E-state index contributed by atoms with van der Waals surface area (Å²) in [5.41, 5.74) is 6.68. The Hall–Kier alpha value is -2.17. The van der Waals surface area contributed by atoms with E-state index in [2.05, 4.69) is 9.88 Å². The molecule has 1 saturated heterocycles. The smallest absolute Gasteiger partial charge is 0.217 e. The minimum atomic E-state index is -0.306. The second-order valence-corrected chi connectivity index (χ2v) is 5.59. The van der Waals surface area contributed by atoms with Gasteiger partial charge >= 0.3 is 0 Å². The number of halogens is 1. The lowest BCUT2D eigenvalue weighted by molar-refractivity contribution is -0.118. The molecular weight excluding hydrogens is 269 g/mol. The quantitative estimate of drug-likeness (QED) is 0.943. The third-order valence-corrected chi connectivity index (χ3v) is 4.05. The lowest BCUT2D eigenvalue weighted by Gasteiger charge is -2.34. The van der Waals surface area contributed by atoms with E-state index in [1.54, 1.807) is 12.3 Å². The molecule has 1 aromatic heterocycles. The maximum atomic E-state index is 13.8. The summed E-state index contributed by atoms with van der Waals surface area (Å²) in [6, 6.07) is 6.92. The van der Waals surface area contributed by atoms with Crippen LogP contribution in [0, 0.1) is 11.7 Å². The summed E-state index contributed by atoms with van der Waals surface area (Å²) in [4.78, 5) is 17.4. The van der Waals surface area contributed by atoms with Crippen molar-refractivity contribution >= 4 is 22.5 Å². The van der Waals surface area contributed by atoms with Gasteiger partial charge in [0.15, 0.2) is 0 Å². The molecule has 1 amide bonds. The molecule has 4 nitrogen and oxygen atoms in total. The summed E-state index contributed by atoms with van der Waals surface area (Å²) < 4.78 is 13.8. The SMILES string of the molecule is NC(=O)CC1CCCN(c2ccnc3c(F)cccc23)C1. The molecule has 1 aromatic carbocycles. The molecule has 1 fully saturated rings. The Morgan fingerprint density at radius 3 is 3.10 bits per heavy atom. The Kier molecular flexibility index (Phi) is 3.73. The van der Waals surface area contributed by atoms with Gasteiger partial charge < -0.3 is 10.6 Å². The van der Waals surface area contributed by atoms with Crippen molar-refractivity contribution in [2.45, 2.75) is 19.3 Å². The third kappa shape index (κ3) is 2.82. The standard InChI is InChI=1S/C16H18FN3O/c17-13-5-1-4-12-14(6-7-19-16(12)13)20-8-2-3-11(10-20)9-15(18)21/h1,4-7,11H,2-3,8-10H2,(H2,18,21). The number of carbonyl (C=O) groups excluding carboxylic acids is 1. The van der Waals surface area contributed by atoms with E-state index in [0.29, 0.717) is 11.9 Å². The van der Waals surface area contributed by atoms with Crippen LogP contribution < -0.4 is 10.6 Å². The zero-order valence-corrected chi connectivity index (χ0v) is 11.8. The van der Waals surface area contributed by atoms with Crippen molar-refractivity contribution in [2.75, 3.05) is 18.0 Å².